The molecular formula is C12H23F3N2. The Balaban J connectivity index is 2.36. The molecule has 1 aliphatic rings. The Morgan fingerprint density at radius 2 is 2.12 bits per heavy atom. The van der Waals surface area contributed by atoms with Gasteiger partial charge in [-0.25, -0.2) is 0 Å². The van der Waals surface area contributed by atoms with Crippen LogP contribution in [0.5, 0.6) is 0 Å². The molecule has 0 bridgehead atoms. The van der Waals surface area contributed by atoms with Gasteiger partial charge >= 0.3 is 6.18 Å². The molecule has 1 rings (SSSR count). The number of rotatable bonds is 6. The lowest BCUT2D eigenvalue weighted by molar-refractivity contribution is -0.139. The van der Waals surface area contributed by atoms with Gasteiger partial charge in [0.2, 0.25) is 0 Å². The standard InChI is InChI=1S/C12H23F3N2/c1-3-5-11(6-4-7-17-11)9-16-10(2)8-12(13,14)15/h10,16-17H,3-9H2,1-2H3. The maximum absolute atomic E-state index is 12.2. The molecule has 1 heterocycles. The van der Waals surface area contributed by atoms with E-state index >= 15 is 0 Å². The van der Waals surface area contributed by atoms with Crippen LogP contribution in [0.2, 0.25) is 0 Å². The van der Waals surface area contributed by atoms with Crippen molar-refractivity contribution in [2.75, 3.05) is 13.1 Å². The zero-order valence-corrected chi connectivity index (χ0v) is 10.7. The first kappa shape index (κ1) is 14.8. The summed E-state index contributed by atoms with van der Waals surface area (Å²) in [5.41, 5.74) is 0.0224. The fourth-order valence-corrected chi connectivity index (χ4v) is 2.59. The van der Waals surface area contributed by atoms with Crippen LogP contribution in [0.3, 0.4) is 0 Å². The van der Waals surface area contributed by atoms with Crippen LogP contribution in [0.15, 0.2) is 0 Å². The highest BCUT2D eigenvalue weighted by Crippen LogP contribution is 2.25. The Labute approximate surface area is 101 Å². The van der Waals surface area contributed by atoms with Crippen molar-refractivity contribution in [2.24, 2.45) is 0 Å². The maximum Gasteiger partial charge on any atom is 0.390 e. The van der Waals surface area contributed by atoms with Crippen LogP contribution < -0.4 is 10.6 Å². The van der Waals surface area contributed by atoms with E-state index in [4.69, 9.17) is 0 Å². The highest BCUT2D eigenvalue weighted by molar-refractivity contribution is 4.95. The summed E-state index contributed by atoms with van der Waals surface area (Å²) < 4.78 is 36.6. The number of alkyl halides is 3. The zero-order valence-electron chi connectivity index (χ0n) is 10.7. The molecule has 5 heteroatoms. The number of hydrogen-bond donors (Lipinski definition) is 2. The molecule has 2 unspecified atom stereocenters. The summed E-state index contributed by atoms with van der Waals surface area (Å²) in [4.78, 5) is 0. The fraction of sp³-hybridized carbons (Fsp3) is 1.00. The monoisotopic (exact) mass is 252 g/mol. The van der Waals surface area contributed by atoms with E-state index in [1.54, 1.807) is 6.92 Å². The molecule has 0 aromatic carbocycles. The first-order chi connectivity index (χ1) is 7.87. The van der Waals surface area contributed by atoms with Gasteiger partial charge in [0.25, 0.3) is 0 Å². The second-order valence-corrected chi connectivity index (χ2v) is 5.16. The third-order valence-electron chi connectivity index (χ3n) is 3.39. The molecule has 1 aliphatic heterocycles. The van der Waals surface area contributed by atoms with E-state index in [2.05, 4.69) is 17.6 Å². The van der Waals surface area contributed by atoms with Crippen molar-refractivity contribution in [1.82, 2.24) is 10.6 Å². The Morgan fingerprint density at radius 3 is 2.59 bits per heavy atom. The molecule has 0 aliphatic carbocycles. The lowest BCUT2D eigenvalue weighted by Crippen LogP contribution is -2.50. The minimum Gasteiger partial charge on any atom is -0.312 e. The summed E-state index contributed by atoms with van der Waals surface area (Å²) in [5, 5.41) is 6.47. The molecular weight excluding hydrogens is 229 g/mol. The highest BCUT2D eigenvalue weighted by Gasteiger charge is 2.34. The molecule has 2 nitrogen and oxygen atoms in total. The summed E-state index contributed by atoms with van der Waals surface area (Å²) in [6.45, 7) is 5.33. The first-order valence-electron chi connectivity index (χ1n) is 6.42. The van der Waals surface area contributed by atoms with Gasteiger partial charge in [-0.05, 0) is 32.7 Å². The van der Waals surface area contributed by atoms with Crippen molar-refractivity contribution in [1.29, 1.82) is 0 Å². The lowest BCUT2D eigenvalue weighted by Gasteiger charge is -2.31. The van der Waals surface area contributed by atoms with E-state index in [0.29, 0.717) is 6.54 Å². The summed E-state index contributed by atoms with van der Waals surface area (Å²) in [5.74, 6) is 0. The molecule has 0 spiro atoms. The summed E-state index contributed by atoms with van der Waals surface area (Å²) in [7, 11) is 0. The average molecular weight is 252 g/mol. The SMILES string of the molecule is CCCC1(CNC(C)CC(F)(F)F)CCCN1. The highest BCUT2D eigenvalue weighted by atomic mass is 19.4. The van der Waals surface area contributed by atoms with Crippen molar-refractivity contribution >= 4 is 0 Å². The van der Waals surface area contributed by atoms with Crippen LogP contribution in [0, 0.1) is 0 Å². The molecule has 1 fully saturated rings. The number of nitrogens with one attached hydrogen (secondary N) is 2. The van der Waals surface area contributed by atoms with Crippen molar-refractivity contribution in [3.63, 3.8) is 0 Å². The van der Waals surface area contributed by atoms with Crippen molar-refractivity contribution in [3.8, 4) is 0 Å². The second-order valence-electron chi connectivity index (χ2n) is 5.16. The van der Waals surface area contributed by atoms with E-state index < -0.39 is 18.6 Å². The predicted molar refractivity (Wildman–Crippen MR) is 63.0 cm³/mol. The average Bonchev–Trinajstić information content (AvgIpc) is 2.62. The minimum atomic E-state index is -4.08. The molecule has 0 radical (unpaired) electrons. The summed E-state index contributed by atoms with van der Waals surface area (Å²) in [6.07, 6.45) is -0.564. The van der Waals surface area contributed by atoms with E-state index in [1.165, 1.54) is 0 Å². The largest absolute Gasteiger partial charge is 0.390 e. The molecule has 2 N–H and O–H groups in total. The van der Waals surface area contributed by atoms with Gasteiger partial charge in [0.05, 0.1) is 6.42 Å². The van der Waals surface area contributed by atoms with Gasteiger partial charge in [0.1, 0.15) is 0 Å². The van der Waals surface area contributed by atoms with Gasteiger partial charge in [-0.2, -0.15) is 13.2 Å². The second kappa shape index (κ2) is 6.05. The molecule has 0 saturated carbocycles. The summed E-state index contributed by atoms with van der Waals surface area (Å²) in [6, 6.07) is -0.508. The van der Waals surface area contributed by atoms with E-state index in [-0.39, 0.29) is 5.54 Å². The zero-order chi connectivity index (χ0) is 12.9. The molecule has 0 aromatic heterocycles. The van der Waals surface area contributed by atoms with Gasteiger partial charge in [-0.15, -0.1) is 0 Å². The number of hydrogen-bond acceptors (Lipinski definition) is 2. The molecule has 1 saturated heterocycles. The molecule has 0 aromatic rings. The van der Waals surface area contributed by atoms with Crippen LogP contribution in [-0.2, 0) is 0 Å². The van der Waals surface area contributed by atoms with Crippen molar-refractivity contribution in [2.45, 2.75) is 63.7 Å². The third kappa shape index (κ3) is 5.25. The molecule has 0 amide bonds. The minimum absolute atomic E-state index is 0.0224. The normalized spacial score (nSPS) is 27.4. The van der Waals surface area contributed by atoms with Crippen LogP contribution in [-0.4, -0.2) is 30.8 Å². The molecule has 102 valence electrons. The third-order valence-corrected chi connectivity index (χ3v) is 3.39. The molecule has 2 atom stereocenters. The Hall–Kier alpha value is -0.290. The van der Waals surface area contributed by atoms with Crippen LogP contribution in [0.4, 0.5) is 13.2 Å². The Bertz CT molecular complexity index is 222. The number of halogens is 3. The van der Waals surface area contributed by atoms with Gasteiger partial charge in [-0.3, -0.25) is 0 Å². The quantitative estimate of drug-likeness (QED) is 0.759. The Kier molecular flexibility index (Phi) is 5.25. The Morgan fingerprint density at radius 1 is 1.41 bits per heavy atom. The van der Waals surface area contributed by atoms with Crippen molar-refractivity contribution in [3.05, 3.63) is 0 Å². The van der Waals surface area contributed by atoms with Gasteiger partial charge in [0, 0.05) is 18.1 Å². The smallest absolute Gasteiger partial charge is 0.312 e. The van der Waals surface area contributed by atoms with E-state index in [9.17, 15) is 13.2 Å². The van der Waals surface area contributed by atoms with Crippen LogP contribution >= 0.6 is 0 Å². The topological polar surface area (TPSA) is 24.1 Å². The van der Waals surface area contributed by atoms with Crippen LogP contribution in [0.25, 0.3) is 0 Å². The van der Waals surface area contributed by atoms with Gasteiger partial charge in [0.15, 0.2) is 0 Å². The van der Waals surface area contributed by atoms with Crippen molar-refractivity contribution < 1.29 is 13.2 Å². The lowest BCUT2D eigenvalue weighted by atomic mass is 9.91. The maximum atomic E-state index is 12.2. The fourth-order valence-electron chi connectivity index (χ4n) is 2.59. The summed E-state index contributed by atoms with van der Waals surface area (Å²) >= 11 is 0. The van der Waals surface area contributed by atoms with E-state index in [0.717, 1.165) is 32.2 Å². The first-order valence-corrected chi connectivity index (χ1v) is 6.42. The molecule has 17 heavy (non-hydrogen) atoms. The van der Waals surface area contributed by atoms with Gasteiger partial charge in [-0.1, -0.05) is 13.3 Å². The van der Waals surface area contributed by atoms with Gasteiger partial charge < -0.3 is 10.6 Å². The predicted octanol–water partition coefficient (Wildman–Crippen LogP) is 2.84. The van der Waals surface area contributed by atoms with Crippen LogP contribution in [0.1, 0.15) is 46.0 Å². The van der Waals surface area contributed by atoms with E-state index in [1.807, 2.05) is 0 Å².